The number of hydrogen-bond donors (Lipinski definition) is 0. The van der Waals surface area contributed by atoms with Gasteiger partial charge in [-0.25, -0.2) is 15.0 Å². The third-order valence-corrected chi connectivity index (χ3v) is 5.54. The normalized spacial score (nSPS) is 11.2. The van der Waals surface area contributed by atoms with E-state index in [2.05, 4.69) is 56.1 Å². The third kappa shape index (κ3) is 2.64. The molecule has 0 N–H and O–H groups in total. The fourth-order valence-corrected chi connectivity index (χ4v) is 4.47. The van der Waals surface area contributed by atoms with Gasteiger partial charge in [0, 0.05) is 29.9 Å². The van der Waals surface area contributed by atoms with Crippen molar-refractivity contribution in [3.63, 3.8) is 0 Å². The van der Waals surface area contributed by atoms with Crippen LogP contribution in [0, 0.1) is 0 Å². The van der Waals surface area contributed by atoms with Crippen LogP contribution >= 0.6 is 23.1 Å². The van der Waals surface area contributed by atoms with Gasteiger partial charge in [-0.1, -0.05) is 30.3 Å². The van der Waals surface area contributed by atoms with E-state index >= 15 is 0 Å². The monoisotopic (exact) mass is 338 g/mol. The number of aryl methyl sites for hydroxylation is 1. The van der Waals surface area contributed by atoms with E-state index in [4.69, 9.17) is 0 Å². The Morgan fingerprint density at radius 1 is 1.13 bits per heavy atom. The first-order valence-corrected chi connectivity index (χ1v) is 9.03. The number of benzene rings is 1. The molecule has 0 spiro atoms. The number of aromatic nitrogens is 4. The van der Waals surface area contributed by atoms with Crippen molar-refractivity contribution in [3.05, 3.63) is 54.4 Å². The Morgan fingerprint density at radius 2 is 2.00 bits per heavy atom. The molecule has 0 aliphatic heterocycles. The maximum atomic E-state index is 4.52. The Hall–Kier alpha value is -2.18. The molecule has 0 atom stereocenters. The summed E-state index contributed by atoms with van der Waals surface area (Å²) in [6, 6.07) is 10.4. The maximum absolute atomic E-state index is 4.52. The van der Waals surface area contributed by atoms with Crippen molar-refractivity contribution in [2.75, 3.05) is 0 Å². The minimum atomic E-state index is 0.895. The molecule has 0 bridgehead atoms. The van der Waals surface area contributed by atoms with E-state index in [1.54, 1.807) is 29.4 Å². The summed E-state index contributed by atoms with van der Waals surface area (Å²) in [5.41, 5.74) is 2.37. The second-order valence-electron chi connectivity index (χ2n) is 4.97. The number of hydrogen-bond acceptors (Lipinski definition) is 5. The number of rotatable bonds is 4. The summed E-state index contributed by atoms with van der Waals surface area (Å²) in [5, 5.41) is 5.18. The lowest BCUT2D eigenvalue weighted by Gasteiger charge is -2.06. The second-order valence-corrected chi connectivity index (χ2v) is 6.79. The molecule has 3 aromatic heterocycles. The van der Waals surface area contributed by atoms with Gasteiger partial charge in [-0.15, -0.1) is 11.3 Å². The van der Waals surface area contributed by atoms with Crippen molar-refractivity contribution in [1.29, 1.82) is 0 Å². The maximum Gasteiger partial charge on any atom is 0.174 e. The van der Waals surface area contributed by atoms with Crippen LogP contribution in [0.15, 0.2) is 64.6 Å². The molecule has 0 unspecified atom stereocenters. The predicted octanol–water partition coefficient (Wildman–Crippen LogP) is 4.73. The molecular weight excluding hydrogens is 324 g/mol. The standard InChI is InChI=1S/C17H14N4S2/c1-2-21-9-8-18-17(21)23-16-14-13(12-6-4-3-5-7-12)10-22-15(14)19-11-20-16/h3-11H,2H2,1H3. The van der Waals surface area contributed by atoms with Gasteiger partial charge in [-0.05, 0) is 24.2 Å². The Balaban J connectivity index is 1.85. The van der Waals surface area contributed by atoms with Gasteiger partial charge in [-0.2, -0.15) is 0 Å². The molecule has 0 fully saturated rings. The lowest BCUT2D eigenvalue weighted by Crippen LogP contribution is -1.95. The highest BCUT2D eigenvalue weighted by molar-refractivity contribution is 7.99. The largest absolute Gasteiger partial charge is 0.326 e. The van der Waals surface area contributed by atoms with Gasteiger partial charge in [0.2, 0.25) is 0 Å². The number of thiophene rings is 1. The number of fused-ring (bicyclic) bond motifs is 1. The van der Waals surface area contributed by atoms with Crippen LogP contribution in [0.3, 0.4) is 0 Å². The van der Waals surface area contributed by atoms with E-state index in [1.807, 2.05) is 18.5 Å². The smallest absolute Gasteiger partial charge is 0.174 e. The zero-order valence-corrected chi connectivity index (χ0v) is 14.1. The minimum absolute atomic E-state index is 0.895. The first-order valence-electron chi connectivity index (χ1n) is 7.33. The first-order chi connectivity index (χ1) is 11.4. The van der Waals surface area contributed by atoms with Crippen molar-refractivity contribution in [1.82, 2.24) is 19.5 Å². The zero-order valence-electron chi connectivity index (χ0n) is 12.5. The summed E-state index contributed by atoms with van der Waals surface area (Å²) >= 11 is 3.25. The van der Waals surface area contributed by atoms with Gasteiger partial charge in [0.1, 0.15) is 16.2 Å². The molecular formula is C17H14N4S2. The molecule has 3 heterocycles. The molecule has 0 saturated carbocycles. The van der Waals surface area contributed by atoms with Gasteiger partial charge in [0.25, 0.3) is 0 Å². The van der Waals surface area contributed by atoms with E-state index < -0.39 is 0 Å². The van der Waals surface area contributed by atoms with E-state index in [0.29, 0.717) is 0 Å². The van der Waals surface area contributed by atoms with Gasteiger partial charge in [0.15, 0.2) is 5.16 Å². The molecule has 0 aliphatic carbocycles. The van der Waals surface area contributed by atoms with Gasteiger partial charge >= 0.3 is 0 Å². The van der Waals surface area contributed by atoms with E-state index in [1.165, 1.54) is 11.1 Å². The Kier molecular flexibility index (Phi) is 3.85. The van der Waals surface area contributed by atoms with E-state index in [9.17, 15) is 0 Å². The van der Waals surface area contributed by atoms with Gasteiger partial charge in [-0.3, -0.25) is 0 Å². The topological polar surface area (TPSA) is 43.6 Å². The van der Waals surface area contributed by atoms with Crippen LogP contribution in [0.25, 0.3) is 21.3 Å². The van der Waals surface area contributed by atoms with Crippen LogP contribution in [0.5, 0.6) is 0 Å². The highest BCUT2D eigenvalue weighted by atomic mass is 32.2. The lowest BCUT2D eigenvalue weighted by molar-refractivity contribution is 0.680. The lowest BCUT2D eigenvalue weighted by atomic mass is 10.1. The summed E-state index contributed by atoms with van der Waals surface area (Å²) < 4.78 is 2.12. The summed E-state index contributed by atoms with van der Waals surface area (Å²) in [5.74, 6) is 0. The Labute approximate surface area is 142 Å². The van der Waals surface area contributed by atoms with Crippen LogP contribution in [-0.4, -0.2) is 19.5 Å². The molecule has 4 aromatic rings. The molecule has 0 amide bonds. The van der Waals surface area contributed by atoms with Crippen LogP contribution in [-0.2, 0) is 6.54 Å². The fourth-order valence-electron chi connectivity index (χ4n) is 2.48. The van der Waals surface area contributed by atoms with Gasteiger partial charge in [0.05, 0.1) is 5.39 Å². The summed E-state index contributed by atoms with van der Waals surface area (Å²) in [6.07, 6.45) is 5.46. The molecule has 23 heavy (non-hydrogen) atoms. The third-order valence-electron chi connectivity index (χ3n) is 3.63. The molecule has 6 heteroatoms. The van der Waals surface area contributed by atoms with Crippen molar-refractivity contribution >= 4 is 33.3 Å². The summed E-state index contributed by atoms with van der Waals surface area (Å²) in [7, 11) is 0. The quantitative estimate of drug-likeness (QED) is 0.505. The molecule has 4 nitrogen and oxygen atoms in total. The van der Waals surface area contributed by atoms with Crippen LogP contribution in [0.1, 0.15) is 6.92 Å². The van der Waals surface area contributed by atoms with Crippen molar-refractivity contribution < 1.29 is 0 Å². The SMILES string of the molecule is CCn1ccnc1Sc1ncnc2scc(-c3ccccc3)c12. The first kappa shape index (κ1) is 14.4. The van der Waals surface area contributed by atoms with Gasteiger partial charge < -0.3 is 4.57 Å². The van der Waals surface area contributed by atoms with Crippen LogP contribution < -0.4 is 0 Å². The van der Waals surface area contributed by atoms with Crippen molar-refractivity contribution in [3.8, 4) is 11.1 Å². The number of nitrogens with zero attached hydrogens (tertiary/aromatic N) is 4. The Morgan fingerprint density at radius 3 is 2.83 bits per heavy atom. The molecule has 0 saturated heterocycles. The van der Waals surface area contributed by atoms with Crippen molar-refractivity contribution in [2.45, 2.75) is 23.7 Å². The molecule has 114 valence electrons. The second kappa shape index (κ2) is 6.14. The molecule has 1 aromatic carbocycles. The predicted molar refractivity (Wildman–Crippen MR) is 94.9 cm³/mol. The fraction of sp³-hybridized carbons (Fsp3) is 0.118. The minimum Gasteiger partial charge on any atom is -0.326 e. The Bertz CT molecular complexity index is 944. The average molecular weight is 338 g/mol. The van der Waals surface area contributed by atoms with E-state index in [0.717, 1.165) is 26.9 Å². The summed E-state index contributed by atoms with van der Waals surface area (Å²) in [4.78, 5) is 14.4. The van der Waals surface area contributed by atoms with Crippen LogP contribution in [0.4, 0.5) is 0 Å². The van der Waals surface area contributed by atoms with Crippen molar-refractivity contribution in [2.24, 2.45) is 0 Å². The number of imidazole rings is 1. The summed E-state index contributed by atoms with van der Waals surface area (Å²) in [6.45, 7) is 3.01. The van der Waals surface area contributed by atoms with E-state index in [-0.39, 0.29) is 0 Å². The highest BCUT2D eigenvalue weighted by Crippen LogP contribution is 2.39. The zero-order chi connectivity index (χ0) is 15.6. The molecule has 4 rings (SSSR count). The highest BCUT2D eigenvalue weighted by Gasteiger charge is 2.15. The molecule has 0 aliphatic rings. The van der Waals surface area contributed by atoms with Crippen LogP contribution in [0.2, 0.25) is 0 Å². The average Bonchev–Trinajstić information content (AvgIpc) is 3.22. The molecule has 0 radical (unpaired) electrons.